The molecule has 0 aliphatic heterocycles. The van der Waals surface area contributed by atoms with Crippen LogP contribution < -0.4 is 0 Å². The number of hydrogen-bond donors (Lipinski definition) is 0. The van der Waals surface area contributed by atoms with Crippen LogP contribution in [0.5, 0.6) is 0 Å². The minimum absolute atomic E-state index is 0.116. The average Bonchev–Trinajstić information content (AvgIpc) is 3.76. The van der Waals surface area contributed by atoms with E-state index in [0.717, 1.165) is 22.3 Å². The Morgan fingerprint density at radius 3 is 1.77 bits per heavy atom. The van der Waals surface area contributed by atoms with Crippen molar-refractivity contribution in [3.63, 3.8) is 0 Å². The molecule has 56 heavy (non-hydrogen) atoms. The Labute approximate surface area is 329 Å². The van der Waals surface area contributed by atoms with Gasteiger partial charge in [-0.15, -0.1) is 11.3 Å². The molecule has 10 aromatic rings. The highest BCUT2D eigenvalue weighted by Crippen LogP contribution is 2.51. The number of benzene rings is 8. The molecule has 0 fully saturated rings. The summed E-state index contributed by atoms with van der Waals surface area (Å²) in [6.45, 7) is 4.61. The van der Waals surface area contributed by atoms with Crippen molar-refractivity contribution in [2.45, 2.75) is 19.3 Å². The van der Waals surface area contributed by atoms with Crippen LogP contribution in [0.4, 0.5) is 0 Å². The molecule has 264 valence electrons. The molecule has 3 nitrogen and oxygen atoms in total. The third kappa shape index (κ3) is 5.21. The third-order valence-corrected chi connectivity index (χ3v) is 12.7. The van der Waals surface area contributed by atoms with Gasteiger partial charge in [0.2, 0.25) is 0 Å². The molecule has 1 aliphatic carbocycles. The van der Waals surface area contributed by atoms with Gasteiger partial charge in [0.1, 0.15) is 0 Å². The third-order valence-electron chi connectivity index (χ3n) is 11.5. The van der Waals surface area contributed by atoms with E-state index in [4.69, 9.17) is 15.0 Å². The molecule has 0 saturated carbocycles. The number of hydrogen-bond acceptors (Lipinski definition) is 4. The van der Waals surface area contributed by atoms with Crippen molar-refractivity contribution < 1.29 is 0 Å². The van der Waals surface area contributed by atoms with Crippen LogP contribution in [0.25, 0.3) is 98.5 Å². The Kier molecular flexibility index (Phi) is 7.38. The van der Waals surface area contributed by atoms with Gasteiger partial charge in [-0.1, -0.05) is 166 Å². The lowest BCUT2D eigenvalue weighted by Gasteiger charge is -2.21. The molecule has 0 unspecified atom stereocenters. The van der Waals surface area contributed by atoms with Gasteiger partial charge in [0.25, 0.3) is 0 Å². The molecule has 8 aromatic carbocycles. The summed E-state index contributed by atoms with van der Waals surface area (Å²) in [6.07, 6.45) is 0. The van der Waals surface area contributed by atoms with E-state index in [2.05, 4.69) is 172 Å². The topological polar surface area (TPSA) is 38.7 Å². The summed E-state index contributed by atoms with van der Waals surface area (Å²) in [6, 6.07) is 63.1. The van der Waals surface area contributed by atoms with Crippen molar-refractivity contribution in [2.75, 3.05) is 0 Å². The maximum atomic E-state index is 5.18. The first kappa shape index (κ1) is 32.7. The van der Waals surface area contributed by atoms with Crippen molar-refractivity contribution in [3.8, 4) is 67.5 Å². The van der Waals surface area contributed by atoms with Crippen LogP contribution in [0.15, 0.2) is 176 Å². The summed E-state index contributed by atoms with van der Waals surface area (Å²) in [5.74, 6) is 2.00. The quantitative estimate of drug-likeness (QED) is 0.177. The van der Waals surface area contributed by atoms with Crippen LogP contribution >= 0.6 is 11.3 Å². The monoisotopic (exact) mass is 733 g/mol. The van der Waals surface area contributed by atoms with Crippen LogP contribution in [0.3, 0.4) is 0 Å². The zero-order chi connectivity index (χ0) is 37.4. The van der Waals surface area contributed by atoms with E-state index in [1.165, 1.54) is 69.9 Å². The van der Waals surface area contributed by atoms with Gasteiger partial charge in [0.15, 0.2) is 17.5 Å². The van der Waals surface area contributed by atoms with E-state index >= 15 is 0 Å². The molecule has 4 heteroatoms. The summed E-state index contributed by atoms with van der Waals surface area (Å²) < 4.78 is 2.65. The second-order valence-electron chi connectivity index (χ2n) is 15.2. The van der Waals surface area contributed by atoms with E-state index in [1.807, 2.05) is 29.5 Å². The first-order valence-electron chi connectivity index (χ1n) is 19.1. The minimum atomic E-state index is -0.116. The highest BCUT2D eigenvalue weighted by atomic mass is 32.1. The van der Waals surface area contributed by atoms with Crippen molar-refractivity contribution in [3.05, 3.63) is 187 Å². The highest BCUT2D eigenvalue weighted by molar-refractivity contribution is 7.25. The Balaban J connectivity index is 0.965. The predicted octanol–water partition coefficient (Wildman–Crippen LogP) is 14.0. The number of aromatic nitrogens is 3. The standard InChI is InChI=1S/C52H35N3S/c1-52(2)43-18-8-6-14-40(43)47-42(17-10-19-44(47)52)51-54-49(33-12-4-3-5-13-33)53-50(55-51)34-24-22-32(23-25-34)35-26-27-37-31-38(29-28-36(37)30-35)39-16-11-21-46-48(39)41-15-7-9-20-45(41)56-46/h3-31H,1-2H3. The molecule has 2 heterocycles. The summed E-state index contributed by atoms with van der Waals surface area (Å²) in [4.78, 5) is 15.4. The molecular formula is C52H35N3S. The number of fused-ring (bicyclic) bond motifs is 7. The maximum Gasteiger partial charge on any atom is 0.164 e. The van der Waals surface area contributed by atoms with Crippen LogP contribution in [0, 0.1) is 0 Å². The number of rotatable bonds is 5. The zero-order valence-corrected chi connectivity index (χ0v) is 31.8. The van der Waals surface area contributed by atoms with Crippen molar-refractivity contribution in [1.82, 2.24) is 15.0 Å². The zero-order valence-electron chi connectivity index (χ0n) is 31.0. The Morgan fingerprint density at radius 2 is 0.946 bits per heavy atom. The van der Waals surface area contributed by atoms with Gasteiger partial charge in [-0.25, -0.2) is 15.0 Å². The molecule has 0 spiro atoms. The van der Waals surface area contributed by atoms with Crippen LogP contribution in [-0.2, 0) is 5.41 Å². The van der Waals surface area contributed by atoms with E-state index in [9.17, 15) is 0 Å². The molecular weight excluding hydrogens is 699 g/mol. The van der Waals surface area contributed by atoms with Crippen LogP contribution in [0.1, 0.15) is 25.0 Å². The minimum Gasteiger partial charge on any atom is -0.208 e. The molecule has 0 amide bonds. The van der Waals surface area contributed by atoms with Crippen molar-refractivity contribution >= 4 is 42.3 Å². The van der Waals surface area contributed by atoms with E-state index < -0.39 is 0 Å². The first-order valence-corrected chi connectivity index (χ1v) is 19.9. The molecule has 0 saturated heterocycles. The van der Waals surface area contributed by atoms with Crippen LogP contribution in [0.2, 0.25) is 0 Å². The van der Waals surface area contributed by atoms with Gasteiger partial charge < -0.3 is 0 Å². The fourth-order valence-corrected chi connectivity index (χ4v) is 9.83. The highest BCUT2D eigenvalue weighted by Gasteiger charge is 2.37. The van der Waals surface area contributed by atoms with E-state index in [0.29, 0.717) is 17.5 Å². The normalized spacial score (nSPS) is 13.0. The number of thiophene rings is 1. The smallest absolute Gasteiger partial charge is 0.164 e. The lowest BCUT2D eigenvalue weighted by atomic mass is 9.82. The molecule has 0 N–H and O–H groups in total. The van der Waals surface area contributed by atoms with Crippen LogP contribution in [-0.4, -0.2) is 15.0 Å². The molecule has 0 atom stereocenters. The second kappa shape index (κ2) is 12.7. The van der Waals surface area contributed by atoms with Gasteiger partial charge in [0.05, 0.1) is 0 Å². The average molecular weight is 734 g/mol. The molecule has 11 rings (SSSR count). The molecule has 0 radical (unpaired) electrons. The largest absolute Gasteiger partial charge is 0.208 e. The summed E-state index contributed by atoms with van der Waals surface area (Å²) in [7, 11) is 0. The fraction of sp³-hybridized carbons (Fsp3) is 0.0577. The Bertz CT molecular complexity index is 3160. The van der Waals surface area contributed by atoms with Gasteiger partial charge in [-0.2, -0.15) is 0 Å². The van der Waals surface area contributed by atoms with Gasteiger partial charge >= 0.3 is 0 Å². The molecule has 1 aliphatic rings. The summed E-state index contributed by atoms with van der Waals surface area (Å²) >= 11 is 1.86. The molecule has 0 bridgehead atoms. The second-order valence-corrected chi connectivity index (χ2v) is 16.3. The Morgan fingerprint density at radius 1 is 0.393 bits per heavy atom. The van der Waals surface area contributed by atoms with Gasteiger partial charge in [0, 0.05) is 42.3 Å². The van der Waals surface area contributed by atoms with Crippen molar-refractivity contribution in [1.29, 1.82) is 0 Å². The molecule has 2 aromatic heterocycles. The first-order chi connectivity index (χ1) is 27.5. The van der Waals surface area contributed by atoms with Gasteiger partial charge in [-0.05, 0) is 79.5 Å². The Hall–Kier alpha value is -6.75. The van der Waals surface area contributed by atoms with Crippen molar-refractivity contribution in [2.24, 2.45) is 0 Å². The van der Waals surface area contributed by atoms with E-state index in [-0.39, 0.29) is 5.41 Å². The lowest BCUT2D eigenvalue weighted by molar-refractivity contribution is 0.660. The van der Waals surface area contributed by atoms with E-state index in [1.54, 1.807) is 0 Å². The lowest BCUT2D eigenvalue weighted by Crippen LogP contribution is -2.14. The fourth-order valence-electron chi connectivity index (χ4n) is 8.70. The maximum absolute atomic E-state index is 5.18. The summed E-state index contributed by atoms with van der Waals surface area (Å²) in [5, 5.41) is 5.11. The predicted molar refractivity (Wildman–Crippen MR) is 235 cm³/mol. The summed E-state index contributed by atoms with van der Waals surface area (Å²) in [5.41, 5.74) is 12.7. The number of nitrogens with zero attached hydrogens (tertiary/aromatic N) is 3. The SMILES string of the molecule is CC1(C)c2ccccc2-c2c(-c3nc(-c4ccccc4)nc(-c4ccc(-c5ccc6cc(-c7cccc8sc9ccccc9c78)ccc6c5)cc4)n3)cccc21. The van der Waals surface area contributed by atoms with Gasteiger partial charge in [-0.3, -0.25) is 0 Å².